The summed E-state index contributed by atoms with van der Waals surface area (Å²) in [5, 5.41) is 2.08. The van der Waals surface area contributed by atoms with Gasteiger partial charge in [-0.25, -0.2) is 9.97 Å². The molecule has 24 heavy (non-hydrogen) atoms. The van der Waals surface area contributed by atoms with Gasteiger partial charge in [-0.3, -0.25) is 4.79 Å². The van der Waals surface area contributed by atoms with Gasteiger partial charge in [0.2, 0.25) is 11.8 Å². The first-order valence-electron chi connectivity index (χ1n) is 8.54. The summed E-state index contributed by atoms with van der Waals surface area (Å²) in [7, 11) is 0. The number of likely N-dealkylation sites (tertiary alicyclic amines) is 1. The summed E-state index contributed by atoms with van der Waals surface area (Å²) in [6.45, 7) is 1.41. The molecule has 0 bridgehead atoms. The van der Waals surface area contributed by atoms with Crippen molar-refractivity contribution >= 4 is 17.2 Å². The van der Waals surface area contributed by atoms with E-state index >= 15 is 0 Å². The van der Waals surface area contributed by atoms with Crippen LogP contribution in [0.1, 0.15) is 37.0 Å². The molecule has 0 N–H and O–H groups in total. The van der Waals surface area contributed by atoms with Crippen LogP contribution >= 0.6 is 11.3 Å². The first-order valence-corrected chi connectivity index (χ1v) is 9.42. The summed E-state index contributed by atoms with van der Waals surface area (Å²) in [5.74, 6) is 0.870. The molecule has 1 saturated heterocycles. The Kier molecular flexibility index (Phi) is 4.22. The van der Waals surface area contributed by atoms with Gasteiger partial charge >= 0.3 is 0 Å². The Hall–Kier alpha value is -1.95. The SMILES string of the molecule is O=C(N1CCC(Oc2ccncn2)C1)C1(c2cccs2)CCCC1. The van der Waals surface area contributed by atoms with E-state index in [0.29, 0.717) is 12.4 Å². The summed E-state index contributed by atoms with van der Waals surface area (Å²) >= 11 is 1.71. The lowest BCUT2D eigenvalue weighted by Crippen LogP contribution is -2.44. The minimum atomic E-state index is -0.294. The van der Waals surface area contributed by atoms with Crippen LogP contribution in [0.3, 0.4) is 0 Å². The average Bonchev–Trinajstić information content (AvgIpc) is 3.36. The molecular weight excluding hydrogens is 322 g/mol. The first-order chi connectivity index (χ1) is 11.8. The third-order valence-electron chi connectivity index (χ3n) is 5.13. The largest absolute Gasteiger partial charge is 0.472 e. The van der Waals surface area contributed by atoms with Gasteiger partial charge in [0.15, 0.2) is 0 Å². The van der Waals surface area contributed by atoms with Crippen LogP contribution in [-0.2, 0) is 10.2 Å². The average molecular weight is 343 g/mol. The third kappa shape index (κ3) is 2.79. The van der Waals surface area contributed by atoms with Crippen LogP contribution in [0, 0.1) is 0 Å². The molecule has 2 aliphatic rings. The van der Waals surface area contributed by atoms with Crippen LogP contribution in [-0.4, -0.2) is 40.0 Å². The van der Waals surface area contributed by atoms with Crippen LogP contribution in [0.5, 0.6) is 5.88 Å². The highest BCUT2D eigenvalue weighted by molar-refractivity contribution is 7.10. The Bertz CT molecular complexity index is 684. The fourth-order valence-corrected chi connectivity index (χ4v) is 4.90. The molecule has 2 aromatic heterocycles. The van der Waals surface area contributed by atoms with Gasteiger partial charge in [-0.1, -0.05) is 18.9 Å². The number of thiophene rings is 1. The Morgan fingerprint density at radius 1 is 1.33 bits per heavy atom. The van der Waals surface area contributed by atoms with E-state index in [9.17, 15) is 4.79 Å². The van der Waals surface area contributed by atoms with E-state index in [4.69, 9.17) is 4.74 Å². The van der Waals surface area contributed by atoms with Gasteiger partial charge in [0.05, 0.1) is 12.0 Å². The molecule has 1 aliphatic heterocycles. The molecule has 1 amide bonds. The van der Waals surface area contributed by atoms with Gasteiger partial charge in [0.1, 0.15) is 12.4 Å². The van der Waals surface area contributed by atoms with Gasteiger partial charge in [-0.15, -0.1) is 11.3 Å². The Morgan fingerprint density at radius 3 is 2.92 bits per heavy atom. The van der Waals surface area contributed by atoms with Crippen LogP contribution in [0.15, 0.2) is 36.1 Å². The van der Waals surface area contributed by atoms with Crippen molar-refractivity contribution in [1.29, 1.82) is 0 Å². The van der Waals surface area contributed by atoms with E-state index in [0.717, 1.165) is 38.6 Å². The summed E-state index contributed by atoms with van der Waals surface area (Å²) < 4.78 is 5.90. The molecule has 3 heterocycles. The molecule has 2 aromatic rings. The Morgan fingerprint density at radius 2 is 2.21 bits per heavy atom. The molecule has 2 fully saturated rings. The van der Waals surface area contributed by atoms with E-state index in [1.807, 2.05) is 4.90 Å². The number of hydrogen-bond donors (Lipinski definition) is 0. The lowest BCUT2D eigenvalue weighted by atomic mass is 9.83. The smallest absolute Gasteiger partial charge is 0.234 e. The zero-order valence-corrected chi connectivity index (χ0v) is 14.4. The number of aromatic nitrogens is 2. The minimum Gasteiger partial charge on any atom is -0.472 e. The van der Waals surface area contributed by atoms with Crippen LogP contribution < -0.4 is 4.74 Å². The zero-order valence-electron chi connectivity index (χ0n) is 13.6. The van der Waals surface area contributed by atoms with Gasteiger partial charge < -0.3 is 9.64 Å². The molecule has 1 atom stereocenters. The lowest BCUT2D eigenvalue weighted by molar-refractivity contribution is -0.136. The molecule has 0 spiro atoms. The maximum atomic E-state index is 13.3. The highest BCUT2D eigenvalue weighted by Crippen LogP contribution is 2.45. The number of nitrogens with zero attached hydrogens (tertiary/aromatic N) is 3. The van der Waals surface area contributed by atoms with Gasteiger partial charge in [-0.05, 0) is 24.3 Å². The molecule has 0 radical (unpaired) electrons. The highest BCUT2D eigenvalue weighted by Gasteiger charge is 2.47. The van der Waals surface area contributed by atoms with Gasteiger partial charge in [-0.2, -0.15) is 0 Å². The van der Waals surface area contributed by atoms with Crippen molar-refractivity contribution in [2.45, 2.75) is 43.6 Å². The van der Waals surface area contributed by atoms with Crippen LogP contribution in [0.4, 0.5) is 0 Å². The molecule has 1 unspecified atom stereocenters. The monoisotopic (exact) mass is 343 g/mol. The van der Waals surface area contributed by atoms with Crippen LogP contribution in [0.25, 0.3) is 0 Å². The number of rotatable bonds is 4. The highest BCUT2D eigenvalue weighted by atomic mass is 32.1. The normalized spacial score (nSPS) is 22.7. The molecule has 0 aromatic carbocycles. The molecule has 6 heteroatoms. The van der Waals surface area contributed by atoms with Crippen molar-refractivity contribution in [2.75, 3.05) is 13.1 Å². The predicted molar refractivity (Wildman–Crippen MR) is 92.1 cm³/mol. The third-order valence-corrected chi connectivity index (χ3v) is 6.21. The molecule has 5 nitrogen and oxygen atoms in total. The fraction of sp³-hybridized carbons (Fsp3) is 0.500. The minimum absolute atomic E-state index is 0.0191. The zero-order chi connectivity index (χ0) is 16.4. The summed E-state index contributed by atoms with van der Waals surface area (Å²) in [4.78, 5) is 24.5. The fourth-order valence-electron chi connectivity index (χ4n) is 3.93. The van der Waals surface area contributed by atoms with E-state index in [-0.39, 0.29) is 17.4 Å². The number of amides is 1. The van der Waals surface area contributed by atoms with Gasteiger partial charge in [0.25, 0.3) is 0 Å². The summed E-state index contributed by atoms with van der Waals surface area (Å²) in [6, 6.07) is 5.94. The number of hydrogen-bond acceptors (Lipinski definition) is 5. The quantitative estimate of drug-likeness (QED) is 0.856. The molecule has 4 rings (SSSR count). The van der Waals surface area contributed by atoms with Crippen molar-refractivity contribution in [3.05, 3.63) is 41.0 Å². The van der Waals surface area contributed by atoms with E-state index < -0.39 is 0 Å². The topological polar surface area (TPSA) is 55.3 Å². The number of carbonyl (C=O) groups excluding carboxylic acids is 1. The second-order valence-electron chi connectivity index (χ2n) is 6.59. The molecule has 126 valence electrons. The molecule has 1 aliphatic carbocycles. The van der Waals surface area contributed by atoms with Gasteiger partial charge in [0, 0.05) is 30.1 Å². The maximum absolute atomic E-state index is 13.3. The van der Waals surface area contributed by atoms with E-state index in [2.05, 4.69) is 27.5 Å². The predicted octanol–water partition coefficient (Wildman–Crippen LogP) is 3.03. The van der Waals surface area contributed by atoms with Crippen molar-refractivity contribution in [3.8, 4) is 5.88 Å². The van der Waals surface area contributed by atoms with Crippen molar-refractivity contribution < 1.29 is 9.53 Å². The number of ether oxygens (including phenoxy) is 1. The standard InChI is InChI=1S/C18H21N3O2S/c22-17(18(7-1-2-8-18)15-4-3-11-24-15)21-10-6-14(12-21)23-16-5-9-19-13-20-16/h3-5,9,11,13-14H,1-2,6-8,10,12H2. The summed E-state index contributed by atoms with van der Waals surface area (Å²) in [6.07, 6.45) is 8.25. The van der Waals surface area contributed by atoms with Crippen molar-refractivity contribution in [1.82, 2.24) is 14.9 Å². The molecular formula is C18H21N3O2S. The second kappa shape index (κ2) is 6.51. The van der Waals surface area contributed by atoms with Crippen molar-refractivity contribution in [2.24, 2.45) is 0 Å². The lowest BCUT2D eigenvalue weighted by Gasteiger charge is -2.31. The van der Waals surface area contributed by atoms with Crippen molar-refractivity contribution in [3.63, 3.8) is 0 Å². The molecule has 1 saturated carbocycles. The summed E-state index contributed by atoms with van der Waals surface area (Å²) in [5.41, 5.74) is -0.294. The Balaban J connectivity index is 1.47. The van der Waals surface area contributed by atoms with Crippen LogP contribution in [0.2, 0.25) is 0 Å². The van der Waals surface area contributed by atoms with E-state index in [1.165, 1.54) is 11.2 Å². The maximum Gasteiger partial charge on any atom is 0.234 e. The first kappa shape index (κ1) is 15.6. The van der Waals surface area contributed by atoms with E-state index in [1.54, 1.807) is 23.6 Å². The Labute approximate surface area is 145 Å². The number of carbonyl (C=O) groups is 1. The second-order valence-corrected chi connectivity index (χ2v) is 7.54.